The van der Waals surface area contributed by atoms with Gasteiger partial charge in [-0.2, -0.15) is 0 Å². The third-order valence-electron chi connectivity index (χ3n) is 3.83. The highest BCUT2D eigenvalue weighted by molar-refractivity contribution is 5.96. The molecule has 6 heteroatoms. The van der Waals surface area contributed by atoms with Crippen molar-refractivity contribution in [3.8, 4) is 0 Å². The van der Waals surface area contributed by atoms with Crippen molar-refractivity contribution in [3.05, 3.63) is 33.9 Å². The van der Waals surface area contributed by atoms with Gasteiger partial charge in [-0.1, -0.05) is 6.07 Å². The number of nitrogens with zero attached hydrogens (tertiary/aromatic N) is 1. The maximum absolute atomic E-state index is 12.4. The Morgan fingerprint density at radius 3 is 2.85 bits per heavy atom. The molecule has 1 aromatic rings. The van der Waals surface area contributed by atoms with Crippen LogP contribution in [0.5, 0.6) is 0 Å². The molecule has 6 nitrogen and oxygen atoms in total. The maximum atomic E-state index is 12.4. The summed E-state index contributed by atoms with van der Waals surface area (Å²) in [7, 11) is 0. The van der Waals surface area contributed by atoms with E-state index in [-0.39, 0.29) is 11.6 Å². The SMILES string of the molecule is Cc1ccc([N+](=O)[O-])cc1NC(=O)C1(C)CCCNC1. The minimum atomic E-state index is -0.463. The zero-order valence-electron chi connectivity index (χ0n) is 11.7. The zero-order chi connectivity index (χ0) is 14.8. The smallest absolute Gasteiger partial charge is 0.271 e. The number of hydrogen-bond acceptors (Lipinski definition) is 4. The first-order valence-electron chi connectivity index (χ1n) is 6.70. The van der Waals surface area contributed by atoms with Gasteiger partial charge in [-0.05, 0) is 38.8 Å². The number of nitro benzene ring substituents is 1. The summed E-state index contributed by atoms with van der Waals surface area (Å²) in [4.78, 5) is 22.7. The minimum absolute atomic E-state index is 0.0159. The normalized spacial score (nSPS) is 22.3. The van der Waals surface area contributed by atoms with Crippen molar-refractivity contribution in [3.63, 3.8) is 0 Å². The molecule has 0 radical (unpaired) electrons. The summed E-state index contributed by atoms with van der Waals surface area (Å²) in [6.07, 6.45) is 1.78. The van der Waals surface area contributed by atoms with E-state index in [0.717, 1.165) is 24.9 Å². The molecule has 1 aromatic carbocycles. The summed E-state index contributed by atoms with van der Waals surface area (Å²) in [5, 5.41) is 16.8. The fourth-order valence-corrected chi connectivity index (χ4v) is 2.38. The Morgan fingerprint density at radius 2 is 2.25 bits per heavy atom. The molecule has 20 heavy (non-hydrogen) atoms. The quantitative estimate of drug-likeness (QED) is 0.655. The number of nitrogens with one attached hydrogen (secondary N) is 2. The molecule has 0 aromatic heterocycles. The van der Waals surface area contributed by atoms with E-state index in [1.807, 2.05) is 13.8 Å². The van der Waals surface area contributed by atoms with Gasteiger partial charge < -0.3 is 10.6 Å². The topological polar surface area (TPSA) is 84.3 Å². The van der Waals surface area contributed by atoms with Gasteiger partial charge in [0.15, 0.2) is 0 Å². The number of benzene rings is 1. The van der Waals surface area contributed by atoms with Crippen LogP contribution in [-0.4, -0.2) is 23.9 Å². The Bertz CT molecular complexity index is 536. The number of rotatable bonds is 3. The summed E-state index contributed by atoms with van der Waals surface area (Å²) < 4.78 is 0. The summed E-state index contributed by atoms with van der Waals surface area (Å²) in [5.74, 6) is -0.0895. The van der Waals surface area contributed by atoms with E-state index in [0.29, 0.717) is 12.2 Å². The van der Waals surface area contributed by atoms with E-state index in [4.69, 9.17) is 0 Å². The van der Waals surface area contributed by atoms with Gasteiger partial charge in [0.2, 0.25) is 5.91 Å². The van der Waals surface area contributed by atoms with Gasteiger partial charge in [-0.25, -0.2) is 0 Å². The van der Waals surface area contributed by atoms with E-state index in [1.54, 1.807) is 6.07 Å². The standard InChI is InChI=1S/C14H19N3O3/c1-10-4-5-11(17(19)20)8-12(10)16-13(18)14(2)6-3-7-15-9-14/h4-5,8,15H,3,6-7,9H2,1-2H3,(H,16,18). The Morgan fingerprint density at radius 1 is 1.50 bits per heavy atom. The average Bonchev–Trinajstić information content (AvgIpc) is 2.41. The molecule has 2 rings (SSSR count). The number of carbonyl (C=O) groups is 1. The van der Waals surface area contributed by atoms with Crippen molar-refractivity contribution in [1.29, 1.82) is 0 Å². The first-order valence-corrected chi connectivity index (χ1v) is 6.70. The van der Waals surface area contributed by atoms with Crippen LogP contribution in [0.15, 0.2) is 18.2 Å². The fraction of sp³-hybridized carbons (Fsp3) is 0.500. The van der Waals surface area contributed by atoms with Crippen molar-refractivity contribution in [2.45, 2.75) is 26.7 Å². The Labute approximate surface area is 117 Å². The summed E-state index contributed by atoms with van der Waals surface area (Å²) in [6, 6.07) is 4.50. The molecule has 1 heterocycles. The molecule has 0 saturated carbocycles. The van der Waals surface area contributed by atoms with Crippen LogP contribution in [0.2, 0.25) is 0 Å². The van der Waals surface area contributed by atoms with Crippen molar-refractivity contribution in [2.24, 2.45) is 5.41 Å². The third-order valence-corrected chi connectivity index (χ3v) is 3.83. The van der Waals surface area contributed by atoms with Crippen molar-refractivity contribution < 1.29 is 9.72 Å². The second kappa shape index (κ2) is 5.58. The van der Waals surface area contributed by atoms with E-state index in [9.17, 15) is 14.9 Å². The monoisotopic (exact) mass is 277 g/mol. The van der Waals surface area contributed by atoms with E-state index in [1.165, 1.54) is 12.1 Å². The molecule has 0 aliphatic carbocycles. The molecular formula is C14H19N3O3. The van der Waals surface area contributed by atoms with Gasteiger partial charge in [0.05, 0.1) is 16.0 Å². The van der Waals surface area contributed by atoms with Crippen LogP contribution in [0.25, 0.3) is 0 Å². The fourth-order valence-electron chi connectivity index (χ4n) is 2.38. The number of amides is 1. The molecule has 1 saturated heterocycles. The second-order valence-electron chi connectivity index (χ2n) is 5.55. The maximum Gasteiger partial charge on any atom is 0.271 e. The van der Waals surface area contributed by atoms with Gasteiger partial charge in [-0.3, -0.25) is 14.9 Å². The lowest BCUT2D eigenvalue weighted by Gasteiger charge is -2.32. The highest BCUT2D eigenvalue weighted by Gasteiger charge is 2.34. The highest BCUT2D eigenvalue weighted by atomic mass is 16.6. The summed E-state index contributed by atoms with van der Waals surface area (Å²) in [6.45, 7) is 5.30. The number of anilines is 1. The molecule has 1 amide bonds. The van der Waals surface area contributed by atoms with Gasteiger partial charge in [0, 0.05) is 18.7 Å². The highest BCUT2D eigenvalue weighted by Crippen LogP contribution is 2.29. The van der Waals surface area contributed by atoms with E-state index < -0.39 is 10.3 Å². The molecule has 2 N–H and O–H groups in total. The number of hydrogen-bond donors (Lipinski definition) is 2. The molecule has 1 unspecified atom stereocenters. The van der Waals surface area contributed by atoms with E-state index in [2.05, 4.69) is 10.6 Å². The lowest BCUT2D eigenvalue weighted by atomic mass is 9.82. The summed E-state index contributed by atoms with van der Waals surface area (Å²) >= 11 is 0. The largest absolute Gasteiger partial charge is 0.325 e. The Hall–Kier alpha value is -1.95. The molecule has 1 aliphatic heterocycles. The summed E-state index contributed by atoms with van der Waals surface area (Å²) in [5.41, 5.74) is 0.847. The first-order chi connectivity index (χ1) is 9.42. The molecular weight excluding hydrogens is 258 g/mol. The van der Waals surface area contributed by atoms with Gasteiger partial charge in [0.1, 0.15) is 0 Å². The minimum Gasteiger partial charge on any atom is -0.325 e. The molecule has 1 atom stereocenters. The van der Waals surface area contributed by atoms with Gasteiger partial charge in [0.25, 0.3) is 5.69 Å². The third kappa shape index (κ3) is 2.96. The van der Waals surface area contributed by atoms with Crippen LogP contribution >= 0.6 is 0 Å². The molecule has 0 bridgehead atoms. The number of piperidine rings is 1. The average molecular weight is 277 g/mol. The number of aryl methyl sites for hydroxylation is 1. The van der Waals surface area contributed by atoms with Crippen molar-refractivity contribution in [1.82, 2.24) is 5.32 Å². The molecule has 108 valence electrons. The van der Waals surface area contributed by atoms with Crippen LogP contribution in [-0.2, 0) is 4.79 Å². The van der Waals surface area contributed by atoms with Crippen molar-refractivity contribution in [2.75, 3.05) is 18.4 Å². The Balaban J connectivity index is 2.18. The van der Waals surface area contributed by atoms with Crippen LogP contribution in [0.1, 0.15) is 25.3 Å². The predicted molar refractivity (Wildman–Crippen MR) is 76.7 cm³/mol. The van der Waals surface area contributed by atoms with Crippen molar-refractivity contribution >= 4 is 17.3 Å². The second-order valence-corrected chi connectivity index (χ2v) is 5.55. The van der Waals surface area contributed by atoms with Crippen LogP contribution in [0.3, 0.4) is 0 Å². The Kier molecular flexibility index (Phi) is 4.04. The lowest BCUT2D eigenvalue weighted by Crippen LogP contribution is -2.46. The van der Waals surface area contributed by atoms with Crippen LogP contribution < -0.4 is 10.6 Å². The predicted octanol–water partition coefficient (Wildman–Crippen LogP) is 2.23. The zero-order valence-corrected chi connectivity index (χ0v) is 11.7. The molecule has 0 spiro atoms. The van der Waals surface area contributed by atoms with Gasteiger partial charge >= 0.3 is 0 Å². The number of nitro groups is 1. The first kappa shape index (κ1) is 14.5. The van der Waals surface area contributed by atoms with Crippen LogP contribution in [0, 0.1) is 22.5 Å². The molecule has 1 fully saturated rings. The van der Waals surface area contributed by atoms with Crippen LogP contribution in [0.4, 0.5) is 11.4 Å². The number of non-ortho nitro benzene ring substituents is 1. The van der Waals surface area contributed by atoms with Gasteiger partial charge in [-0.15, -0.1) is 0 Å². The lowest BCUT2D eigenvalue weighted by molar-refractivity contribution is -0.384. The molecule has 1 aliphatic rings. The van der Waals surface area contributed by atoms with E-state index >= 15 is 0 Å². The number of carbonyl (C=O) groups excluding carboxylic acids is 1.